The number of carbonyl (C=O) groups is 1. The van der Waals surface area contributed by atoms with Crippen molar-refractivity contribution < 1.29 is 9.63 Å². The van der Waals surface area contributed by atoms with Crippen LogP contribution >= 0.6 is 11.3 Å². The van der Waals surface area contributed by atoms with Crippen LogP contribution in [0.15, 0.2) is 11.7 Å². The summed E-state index contributed by atoms with van der Waals surface area (Å²) in [5.41, 5.74) is 3.54. The zero-order valence-corrected chi connectivity index (χ0v) is 9.30. The van der Waals surface area contributed by atoms with E-state index in [1.165, 1.54) is 23.5 Å². The first kappa shape index (κ1) is 10.1. The van der Waals surface area contributed by atoms with Gasteiger partial charge in [0.05, 0.1) is 19.0 Å². The number of likely N-dealkylation sites (N-methyl/N-ethyl adjacent to an activating group) is 1. The Kier molecular flexibility index (Phi) is 2.70. The minimum Gasteiger partial charge on any atom is -0.351 e. The number of amides is 1. The average molecular weight is 225 g/mol. The van der Waals surface area contributed by atoms with Crippen LogP contribution in [0.2, 0.25) is 0 Å². The molecule has 0 unspecified atom stereocenters. The minimum atomic E-state index is -0.0913. The summed E-state index contributed by atoms with van der Waals surface area (Å²) in [6.07, 6.45) is 2.11. The zero-order valence-electron chi connectivity index (χ0n) is 8.48. The minimum absolute atomic E-state index is 0.0913. The molecule has 5 nitrogen and oxygen atoms in total. The van der Waals surface area contributed by atoms with Crippen molar-refractivity contribution in [1.82, 2.24) is 15.0 Å². The monoisotopic (exact) mass is 225 g/mol. The molecule has 15 heavy (non-hydrogen) atoms. The van der Waals surface area contributed by atoms with E-state index in [0.29, 0.717) is 6.42 Å². The number of thiazole rings is 1. The Morgan fingerprint density at radius 1 is 1.73 bits per heavy atom. The maximum Gasteiger partial charge on any atom is 0.250 e. The molecule has 0 bridgehead atoms. The van der Waals surface area contributed by atoms with Crippen molar-refractivity contribution in [2.24, 2.45) is 0 Å². The van der Waals surface area contributed by atoms with Gasteiger partial charge in [0.2, 0.25) is 5.91 Å². The molecule has 0 spiro atoms. The Balaban J connectivity index is 2.19. The summed E-state index contributed by atoms with van der Waals surface area (Å²) < 4.78 is 0. The molecule has 0 radical (unpaired) electrons. The molecule has 0 saturated heterocycles. The topological polar surface area (TPSA) is 58.2 Å². The van der Waals surface area contributed by atoms with Crippen LogP contribution in [-0.2, 0) is 16.1 Å². The molecule has 2 aromatic rings. The first-order valence-electron chi connectivity index (χ1n) is 4.42. The normalized spacial score (nSPS) is 10.8. The van der Waals surface area contributed by atoms with E-state index in [-0.39, 0.29) is 5.91 Å². The van der Waals surface area contributed by atoms with E-state index in [1.807, 2.05) is 6.20 Å². The molecule has 2 heterocycles. The molecule has 1 amide bonds. The highest BCUT2D eigenvalue weighted by Gasteiger charge is 2.13. The number of nitrogens with zero attached hydrogens (tertiary/aromatic N) is 2. The number of aromatic amines is 1. The summed E-state index contributed by atoms with van der Waals surface area (Å²) in [7, 11) is 3.06. The lowest BCUT2D eigenvalue weighted by Crippen LogP contribution is -2.26. The van der Waals surface area contributed by atoms with E-state index >= 15 is 0 Å². The van der Waals surface area contributed by atoms with Crippen molar-refractivity contribution in [1.29, 1.82) is 0 Å². The molecule has 6 heteroatoms. The molecular formula is C9H11N3O2S. The fourth-order valence-electron chi connectivity index (χ4n) is 1.31. The molecule has 0 aromatic carbocycles. The first-order valence-corrected chi connectivity index (χ1v) is 5.30. The molecule has 1 N–H and O–H groups in total. The van der Waals surface area contributed by atoms with Crippen molar-refractivity contribution >= 4 is 27.6 Å². The average Bonchev–Trinajstić information content (AvgIpc) is 2.81. The molecule has 0 aliphatic carbocycles. The van der Waals surface area contributed by atoms with Crippen LogP contribution in [0.3, 0.4) is 0 Å². The standard InChI is InChI=1S/C9H11N3O2S/c1-12(14-2)7(13)3-6-4-10-9-8(6)11-5-15-9/h4-5,10H,3H2,1-2H3. The van der Waals surface area contributed by atoms with Gasteiger partial charge >= 0.3 is 0 Å². The molecule has 0 saturated carbocycles. The van der Waals surface area contributed by atoms with E-state index in [9.17, 15) is 4.79 Å². The number of hydrogen-bond acceptors (Lipinski definition) is 4. The van der Waals surface area contributed by atoms with Crippen molar-refractivity contribution in [3.63, 3.8) is 0 Å². The Bertz CT molecular complexity index is 476. The molecule has 0 fully saturated rings. The second-order valence-corrected chi connectivity index (χ2v) is 3.95. The maximum atomic E-state index is 11.6. The van der Waals surface area contributed by atoms with Gasteiger partial charge in [-0.25, -0.2) is 10.0 Å². The number of hydroxylamine groups is 2. The van der Waals surface area contributed by atoms with Gasteiger partial charge in [0.15, 0.2) is 0 Å². The van der Waals surface area contributed by atoms with E-state index in [4.69, 9.17) is 4.84 Å². The summed E-state index contributed by atoms with van der Waals surface area (Å²) in [5, 5.41) is 1.21. The number of fused-ring (bicyclic) bond motifs is 1. The quantitative estimate of drug-likeness (QED) is 0.798. The highest BCUT2D eigenvalue weighted by molar-refractivity contribution is 7.16. The van der Waals surface area contributed by atoms with Gasteiger partial charge in [0, 0.05) is 18.8 Å². The molecule has 0 atom stereocenters. The zero-order chi connectivity index (χ0) is 10.8. The van der Waals surface area contributed by atoms with Gasteiger partial charge in [-0.15, -0.1) is 11.3 Å². The summed E-state index contributed by atoms with van der Waals surface area (Å²) in [6.45, 7) is 0. The fourth-order valence-corrected chi connectivity index (χ4v) is 2.00. The van der Waals surface area contributed by atoms with Crippen molar-refractivity contribution in [2.45, 2.75) is 6.42 Å². The molecular weight excluding hydrogens is 214 g/mol. The third-order valence-corrected chi connectivity index (χ3v) is 2.97. The lowest BCUT2D eigenvalue weighted by Gasteiger charge is -2.12. The highest BCUT2D eigenvalue weighted by atomic mass is 32.1. The van der Waals surface area contributed by atoms with Crippen LogP contribution in [-0.4, -0.2) is 35.1 Å². The third kappa shape index (κ3) is 1.86. The van der Waals surface area contributed by atoms with Crippen LogP contribution in [0.5, 0.6) is 0 Å². The number of carbonyl (C=O) groups excluding carboxylic acids is 1. The Morgan fingerprint density at radius 3 is 3.27 bits per heavy atom. The van der Waals surface area contributed by atoms with Crippen molar-refractivity contribution in [3.05, 3.63) is 17.3 Å². The van der Waals surface area contributed by atoms with Crippen LogP contribution in [0.1, 0.15) is 5.56 Å². The summed E-state index contributed by atoms with van der Waals surface area (Å²) in [4.78, 5) is 24.6. The number of nitrogens with one attached hydrogen (secondary N) is 1. The Hall–Kier alpha value is -1.40. The molecule has 0 aliphatic rings. The SMILES string of the molecule is CON(C)C(=O)Cc1c[nH]c2scnc12. The smallest absolute Gasteiger partial charge is 0.250 e. The van der Waals surface area contributed by atoms with Gasteiger partial charge in [-0.2, -0.15) is 0 Å². The summed E-state index contributed by atoms with van der Waals surface area (Å²) in [5.74, 6) is -0.0913. The molecule has 0 aliphatic heterocycles. The van der Waals surface area contributed by atoms with E-state index in [1.54, 1.807) is 12.6 Å². The fraction of sp³-hybridized carbons (Fsp3) is 0.333. The molecule has 2 rings (SSSR count). The largest absolute Gasteiger partial charge is 0.351 e. The predicted molar refractivity (Wildman–Crippen MR) is 57.5 cm³/mol. The molecule has 2 aromatic heterocycles. The van der Waals surface area contributed by atoms with E-state index in [2.05, 4.69) is 9.97 Å². The van der Waals surface area contributed by atoms with E-state index in [0.717, 1.165) is 15.9 Å². The Labute approximate surface area is 90.6 Å². The molecule has 80 valence electrons. The van der Waals surface area contributed by atoms with Crippen molar-refractivity contribution in [2.75, 3.05) is 14.2 Å². The van der Waals surface area contributed by atoms with E-state index < -0.39 is 0 Å². The van der Waals surface area contributed by atoms with Gasteiger partial charge in [0.1, 0.15) is 10.3 Å². The highest BCUT2D eigenvalue weighted by Crippen LogP contribution is 2.20. The number of aromatic nitrogens is 2. The van der Waals surface area contributed by atoms with Crippen molar-refractivity contribution in [3.8, 4) is 0 Å². The lowest BCUT2D eigenvalue weighted by atomic mass is 10.2. The van der Waals surface area contributed by atoms with Gasteiger partial charge in [0.25, 0.3) is 0 Å². The van der Waals surface area contributed by atoms with Crippen LogP contribution in [0, 0.1) is 0 Å². The summed E-state index contributed by atoms with van der Waals surface area (Å²) >= 11 is 1.53. The second kappa shape index (κ2) is 4.00. The van der Waals surface area contributed by atoms with Crippen LogP contribution in [0.4, 0.5) is 0 Å². The predicted octanol–water partition coefficient (Wildman–Crippen LogP) is 1.19. The van der Waals surface area contributed by atoms with Crippen LogP contribution in [0.25, 0.3) is 10.3 Å². The Morgan fingerprint density at radius 2 is 2.53 bits per heavy atom. The first-order chi connectivity index (χ1) is 7.22. The second-order valence-electron chi connectivity index (χ2n) is 3.09. The third-order valence-electron chi connectivity index (χ3n) is 2.22. The van der Waals surface area contributed by atoms with Crippen LogP contribution < -0.4 is 0 Å². The van der Waals surface area contributed by atoms with Gasteiger partial charge in [-0.3, -0.25) is 9.63 Å². The summed E-state index contributed by atoms with van der Waals surface area (Å²) in [6, 6.07) is 0. The maximum absolute atomic E-state index is 11.6. The van der Waals surface area contributed by atoms with Gasteiger partial charge < -0.3 is 4.98 Å². The van der Waals surface area contributed by atoms with Gasteiger partial charge in [-0.1, -0.05) is 0 Å². The number of hydrogen-bond donors (Lipinski definition) is 1. The number of H-pyrrole nitrogens is 1. The van der Waals surface area contributed by atoms with Gasteiger partial charge in [-0.05, 0) is 0 Å². The number of rotatable bonds is 3. The lowest BCUT2D eigenvalue weighted by molar-refractivity contribution is -0.167.